The van der Waals surface area contributed by atoms with Gasteiger partial charge in [0.15, 0.2) is 5.78 Å². The number of amides is 1. The number of aliphatic carboxylic acids is 1. The Bertz CT molecular complexity index is 1160. The average Bonchev–Trinajstić information content (AvgIpc) is 2.83. The molecule has 0 bridgehead atoms. The Morgan fingerprint density at radius 3 is 2.28 bits per heavy atom. The zero-order valence-electron chi connectivity index (χ0n) is 20.7. The summed E-state index contributed by atoms with van der Waals surface area (Å²) in [4.78, 5) is 41.1. The smallest absolute Gasteiger partial charge is 0.326 e. The maximum atomic E-state index is 12.6. The van der Waals surface area contributed by atoms with Gasteiger partial charge in [0.25, 0.3) is 5.91 Å². The van der Waals surface area contributed by atoms with Crippen molar-refractivity contribution in [2.24, 2.45) is 5.41 Å². The Kier molecular flexibility index (Phi) is 9.14. The number of carboxylic acid groups (broad SMARTS) is 1. The zero-order chi connectivity index (χ0) is 26.5. The molecule has 3 rings (SSSR count). The second-order valence-corrected chi connectivity index (χ2v) is 10.3. The summed E-state index contributed by atoms with van der Waals surface area (Å²) in [6.45, 7) is 5.78. The second-order valence-electron chi connectivity index (χ2n) is 9.49. The number of allylic oxidation sites excluding steroid dienone is 2. The zero-order valence-corrected chi connectivity index (χ0v) is 22.2. The van der Waals surface area contributed by atoms with Crippen molar-refractivity contribution in [1.82, 2.24) is 10.3 Å². The molecule has 1 unspecified atom stereocenters. The third kappa shape index (κ3) is 6.26. The molecule has 1 atom stereocenters. The number of carbonyl (C=O) groups excluding carboxylic acids is 2. The molecule has 1 aromatic heterocycles. The lowest BCUT2D eigenvalue weighted by molar-refractivity contribution is -0.139. The standard InChI is InChI=1S/C27H31Cl2N3O4/c1-4-5-6-7-8-18-23(27(2,3)24(18)33)32-21(26(35)36)13-16-9-11-17(12-10-16)31-25(34)22-19(28)14-30-15-20(22)29/h9-12,14-15,21,32H,4-8,13H2,1-3H3,(H,31,34)(H,35,36). The Morgan fingerprint density at radius 1 is 1.06 bits per heavy atom. The van der Waals surface area contributed by atoms with Crippen molar-refractivity contribution in [3.05, 3.63) is 69.1 Å². The van der Waals surface area contributed by atoms with Gasteiger partial charge in [-0.25, -0.2) is 4.79 Å². The summed E-state index contributed by atoms with van der Waals surface area (Å²) in [6.07, 6.45) is 7.74. The van der Waals surface area contributed by atoms with Crippen LogP contribution in [0.5, 0.6) is 0 Å². The summed E-state index contributed by atoms with van der Waals surface area (Å²) in [5.41, 5.74) is 2.14. The van der Waals surface area contributed by atoms with E-state index in [2.05, 4.69) is 22.5 Å². The molecule has 36 heavy (non-hydrogen) atoms. The molecule has 3 N–H and O–H groups in total. The summed E-state index contributed by atoms with van der Waals surface area (Å²) in [5, 5.41) is 16.0. The highest BCUT2D eigenvalue weighted by Gasteiger charge is 2.46. The van der Waals surface area contributed by atoms with Gasteiger partial charge >= 0.3 is 5.97 Å². The number of anilines is 1. The molecular weight excluding hydrogens is 501 g/mol. The third-order valence-electron chi connectivity index (χ3n) is 6.40. The fourth-order valence-corrected chi connectivity index (χ4v) is 4.85. The highest BCUT2D eigenvalue weighted by atomic mass is 35.5. The van der Waals surface area contributed by atoms with Gasteiger partial charge in [-0.2, -0.15) is 0 Å². The number of hydrogen-bond acceptors (Lipinski definition) is 5. The van der Waals surface area contributed by atoms with Gasteiger partial charge < -0.3 is 15.7 Å². The Labute approximate surface area is 221 Å². The van der Waals surface area contributed by atoms with Crippen LogP contribution in [-0.4, -0.2) is 33.8 Å². The van der Waals surface area contributed by atoms with Crippen molar-refractivity contribution in [2.75, 3.05) is 5.32 Å². The number of carboxylic acids is 1. The van der Waals surface area contributed by atoms with Crippen LogP contribution in [0.25, 0.3) is 0 Å². The molecule has 1 heterocycles. The van der Waals surface area contributed by atoms with Crippen LogP contribution in [0.2, 0.25) is 10.0 Å². The molecular formula is C27H31Cl2N3O4. The highest BCUT2D eigenvalue weighted by Crippen LogP contribution is 2.43. The topological polar surface area (TPSA) is 108 Å². The lowest BCUT2D eigenvalue weighted by Gasteiger charge is -2.41. The number of nitrogens with one attached hydrogen (secondary N) is 2. The summed E-state index contributed by atoms with van der Waals surface area (Å²) in [5.74, 6) is -1.39. The van der Waals surface area contributed by atoms with Crippen LogP contribution in [0.4, 0.5) is 5.69 Å². The third-order valence-corrected chi connectivity index (χ3v) is 6.97. The molecule has 0 radical (unpaired) electrons. The van der Waals surface area contributed by atoms with E-state index in [4.69, 9.17) is 23.2 Å². The van der Waals surface area contributed by atoms with Crippen LogP contribution in [0, 0.1) is 5.41 Å². The van der Waals surface area contributed by atoms with Crippen molar-refractivity contribution in [3.63, 3.8) is 0 Å². The maximum Gasteiger partial charge on any atom is 0.326 e. The number of halogens is 2. The van der Waals surface area contributed by atoms with Crippen molar-refractivity contribution >= 4 is 46.5 Å². The van der Waals surface area contributed by atoms with Gasteiger partial charge in [-0.3, -0.25) is 14.6 Å². The molecule has 7 nitrogen and oxygen atoms in total. The molecule has 0 spiro atoms. The van der Waals surface area contributed by atoms with Gasteiger partial charge in [-0.1, -0.05) is 61.5 Å². The minimum atomic E-state index is -0.998. The number of ketones is 1. The fraction of sp³-hybridized carbons (Fsp3) is 0.407. The molecule has 1 aliphatic carbocycles. The first kappa shape index (κ1) is 27.7. The largest absolute Gasteiger partial charge is 0.480 e. The Morgan fingerprint density at radius 2 is 1.69 bits per heavy atom. The van der Waals surface area contributed by atoms with Crippen LogP contribution in [0.15, 0.2) is 47.9 Å². The molecule has 1 aliphatic rings. The first-order chi connectivity index (χ1) is 17.1. The Balaban J connectivity index is 1.69. The molecule has 0 fully saturated rings. The fourth-order valence-electron chi connectivity index (χ4n) is 4.31. The number of pyridine rings is 1. The molecule has 0 saturated carbocycles. The van der Waals surface area contributed by atoms with E-state index in [1.165, 1.54) is 12.4 Å². The lowest BCUT2D eigenvalue weighted by atomic mass is 9.67. The summed E-state index contributed by atoms with van der Waals surface area (Å²) in [6, 6.07) is 5.97. The molecule has 2 aromatic rings. The number of carbonyl (C=O) groups is 3. The number of benzene rings is 1. The van der Waals surface area contributed by atoms with E-state index in [9.17, 15) is 19.5 Å². The van der Waals surface area contributed by atoms with Gasteiger partial charge in [0.05, 0.1) is 21.0 Å². The first-order valence-corrected chi connectivity index (χ1v) is 12.8. The molecule has 192 valence electrons. The van der Waals surface area contributed by atoms with E-state index >= 15 is 0 Å². The SMILES string of the molecule is CCCCCCC1=C(NC(Cc2ccc(NC(=O)c3c(Cl)cncc3Cl)cc2)C(=O)O)C(C)(C)C1=O. The van der Waals surface area contributed by atoms with E-state index in [-0.39, 0.29) is 27.8 Å². The van der Waals surface area contributed by atoms with E-state index in [0.717, 1.165) is 36.9 Å². The predicted octanol–water partition coefficient (Wildman–Crippen LogP) is 6.06. The van der Waals surface area contributed by atoms with E-state index < -0.39 is 23.3 Å². The molecule has 0 saturated heterocycles. The quantitative estimate of drug-likeness (QED) is 0.287. The predicted molar refractivity (Wildman–Crippen MR) is 141 cm³/mol. The van der Waals surface area contributed by atoms with E-state index in [1.807, 2.05) is 13.8 Å². The first-order valence-electron chi connectivity index (χ1n) is 12.0. The number of unbranched alkanes of at least 4 members (excludes halogenated alkanes) is 3. The van der Waals surface area contributed by atoms with Gasteiger partial charge in [-0.15, -0.1) is 0 Å². The second kappa shape index (κ2) is 11.9. The minimum Gasteiger partial charge on any atom is -0.480 e. The van der Waals surface area contributed by atoms with Crippen LogP contribution in [0.3, 0.4) is 0 Å². The molecule has 1 aromatic carbocycles. The van der Waals surface area contributed by atoms with Crippen molar-refractivity contribution in [1.29, 1.82) is 0 Å². The normalized spacial score (nSPS) is 15.3. The van der Waals surface area contributed by atoms with Crippen molar-refractivity contribution < 1.29 is 19.5 Å². The van der Waals surface area contributed by atoms with E-state index in [1.54, 1.807) is 24.3 Å². The van der Waals surface area contributed by atoms with Crippen molar-refractivity contribution in [3.8, 4) is 0 Å². The maximum absolute atomic E-state index is 12.6. The van der Waals surface area contributed by atoms with E-state index in [0.29, 0.717) is 17.7 Å². The summed E-state index contributed by atoms with van der Waals surface area (Å²) < 4.78 is 0. The lowest BCUT2D eigenvalue weighted by Crippen LogP contribution is -2.51. The summed E-state index contributed by atoms with van der Waals surface area (Å²) >= 11 is 12.1. The van der Waals surface area contributed by atoms with Crippen LogP contribution in [0.1, 0.15) is 68.8 Å². The minimum absolute atomic E-state index is 0.0835. The number of Topliss-reactive ketones (excluding diaryl/α,β-unsaturated/α-hetero) is 1. The average molecular weight is 532 g/mol. The number of rotatable bonds is 12. The molecule has 0 aliphatic heterocycles. The van der Waals surface area contributed by atoms with Crippen molar-refractivity contribution in [2.45, 2.75) is 65.3 Å². The summed E-state index contributed by atoms with van der Waals surface area (Å²) in [7, 11) is 0. The number of hydrogen-bond donors (Lipinski definition) is 3. The van der Waals surface area contributed by atoms with Crippen LogP contribution in [-0.2, 0) is 16.0 Å². The van der Waals surface area contributed by atoms with Gasteiger partial charge in [0.1, 0.15) is 6.04 Å². The van der Waals surface area contributed by atoms with Gasteiger partial charge in [0.2, 0.25) is 0 Å². The molecule has 9 heteroatoms. The van der Waals surface area contributed by atoms with Crippen LogP contribution >= 0.6 is 23.2 Å². The Hall–Kier alpha value is -2.90. The number of aromatic nitrogens is 1. The molecule has 1 amide bonds. The van der Waals surface area contributed by atoms with Gasteiger partial charge in [-0.05, 0) is 44.4 Å². The highest BCUT2D eigenvalue weighted by molar-refractivity contribution is 6.40. The van der Waals surface area contributed by atoms with Crippen LogP contribution < -0.4 is 10.6 Å². The van der Waals surface area contributed by atoms with Gasteiger partial charge in [0, 0.05) is 35.8 Å². The monoisotopic (exact) mass is 531 g/mol. The number of nitrogens with zero attached hydrogens (tertiary/aromatic N) is 1.